The smallest absolute Gasteiger partial charge is 0.331 e. The fraction of sp³-hybridized carbons (Fsp3) is 0.115. The number of aromatic nitrogens is 2. The molecule has 0 atom stereocenters. The molecule has 0 spiro atoms. The van der Waals surface area contributed by atoms with Crippen molar-refractivity contribution < 1.29 is 14.3 Å². The molecule has 166 valence electrons. The van der Waals surface area contributed by atoms with Crippen molar-refractivity contribution in [2.45, 2.75) is 13.8 Å². The summed E-state index contributed by atoms with van der Waals surface area (Å²) in [5, 5.41) is 9.48. The first-order chi connectivity index (χ1) is 16.0. The van der Waals surface area contributed by atoms with E-state index in [2.05, 4.69) is 5.32 Å². The minimum atomic E-state index is -0.601. The van der Waals surface area contributed by atoms with Crippen LogP contribution in [0.2, 0.25) is 0 Å². The molecule has 0 radical (unpaired) electrons. The lowest BCUT2D eigenvalue weighted by Gasteiger charge is -2.11. The quantitative estimate of drug-likeness (QED) is 0.297. The summed E-state index contributed by atoms with van der Waals surface area (Å²) in [6.45, 7) is 3.47. The molecule has 1 amide bonds. The first-order valence-corrected chi connectivity index (χ1v) is 11.3. The minimum absolute atomic E-state index is 0.363. The molecule has 33 heavy (non-hydrogen) atoms. The van der Waals surface area contributed by atoms with Gasteiger partial charge in [-0.15, -0.1) is 11.3 Å². The number of carbonyl (C=O) groups is 2. The normalized spacial score (nSPS) is 11.0. The molecule has 7 heteroatoms. The van der Waals surface area contributed by atoms with Crippen molar-refractivity contribution in [3.63, 3.8) is 0 Å². The molecule has 0 aliphatic rings. The Kier molecular flexibility index (Phi) is 6.80. The van der Waals surface area contributed by atoms with Crippen molar-refractivity contribution in [1.82, 2.24) is 9.78 Å². The van der Waals surface area contributed by atoms with E-state index in [9.17, 15) is 9.59 Å². The van der Waals surface area contributed by atoms with Crippen molar-refractivity contribution in [2.24, 2.45) is 0 Å². The van der Waals surface area contributed by atoms with Crippen LogP contribution < -0.4 is 5.32 Å². The van der Waals surface area contributed by atoms with Crippen LogP contribution in [0.4, 0.5) is 5.69 Å². The lowest BCUT2D eigenvalue weighted by molar-refractivity contribution is -0.142. The number of amides is 1. The van der Waals surface area contributed by atoms with Gasteiger partial charge in [-0.2, -0.15) is 5.10 Å². The van der Waals surface area contributed by atoms with Crippen molar-refractivity contribution in [2.75, 3.05) is 11.9 Å². The Morgan fingerprint density at radius 3 is 2.48 bits per heavy atom. The maximum atomic E-state index is 12.3. The molecular weight excluding hydrogens is 434 g/mol. The van der Waals surface area contributed by atoms with Gasteiger partial charge in [0.2, 0.25) is 0 Å². The number of esters is 1. The third kappa shape index (κ3) is 5.45. The fourth-order valence-electron chi connectivity index (χ4n) is 3.36. The molecule has 0 unspecified atom stereocenters. The van der Waals surface area contributed by atoms with Gasteiger partial charge in [-0.25, -0.2) is 9.48 Å². The Bertz CT molecular complexity index is 1270. The Morgan fingerprint density at radius 2 is 1.79 bits per heavy atom. The predicted octanol–water partition coefficient (Wildman–Crippen LogP) is 5.41. The summed E-state index contributed by atoms with van der Waals surface area (Å²) in [5.41, 5.74) is 5.10. The zero-order valence-corrected chi connectivity index (χ0v) is 19.1. The number of carbonyl (C=O) groups excluding carboxylic acids is 2. The topological polar surface area (TPSA) is 73.2 Å². The van der Waals surface area contributed by atoms with Crippen LogP contribution in [-0.4, -0.2) is 28.3 Å². The first-order valence-electron chi connectivity index (χ1n) is 10.4. The van der Waals surface area contributed by atoms with Crippen molar-refractivity contribution in [3.8, 4) is 16.3 Å². The molecule has 6 nitrogen and oxygen atoms in total. The Labute approximate surface area is 196 Å². The number of nitrogens with one attached hydrogen (secondary N) is 1. The van der Waals surface area contributed by atoms with E-state index in [1.807, 2.05) is 86.1 Å². The Morgan fingerprint density at radius 1 is 1.03 bits per heavy atom. The molecule has 2 aromatic carbocycles. The van der Waals surface area contributed by atoms with Gasteiger partial charge in [-0.1, -0.05) is 42.5 Å². The molecule has 0 aliphatic carbocycles. The van der Waals surface area contributed by atoms with Gasteiger partial charge in [-0.3, -0.25) is 4.79 Å². The number of hydrogen-bond donors (Lipinski definition) is 1. The van der Waals surface area contributed by atoms with Crippen LogP contribution in [0, 0.1) is 13.8 Å². The highest BCUT2D eigenvalue weighted by Gasteiger charge is 2.13. The molecule has 0 saturated carbocycles. The van der Waals surface area contributed by atoms with E-state index in [1.165, 1.54) is 6.08 Å². The molecule has 4 aromatic rings. The zero-order chi connectivity index (χ0) is 23.2. The number of aryl methyl sites for hydroxylation is 2. The van der Waals surface area contributed by atoms with Crippen LogP contribution in [0.1, 0.15) is 16.7 Å². The summed E-state index contributed by atoms with van der Waals surface area (Å²) >= 11 is 1.57. The largest absolute Gasteiger partial charge is 0.452 e. The third-order valence-corrected chi connectivity index (χ3v) is 5.88. The molecule has 0 saturated heterocycles. The SMILES string of the molecule is Cc1cccc(C)c1NC(=O)COC(=O)/C=C/c1cn(-c2ccccc2)nc1-c1cccs1. The second-order valence-corrected chi connectivity index (χ2v) is 8.39. The van der Waals surface area contributed by atoms with E-state index in [1.54, 1.807) is 22.1 Å². The number of nitrogens with zero attached hydrogens (tertiary/aromatic N) is 2. The number of benzene rings is 2. The number of anilines is 1. The highest BCUT2D eigenvalue weighted by atomic mass is 32.1. The maximum Gasteiger partial charge on any atom is 0.331 e. The second kappa shape index (κ2) is 10.1. The molecule has 0 aliphatic heterocycles. The van der Waals surface area contributed by atoms with Gasteiger partial charge in [0.25, 0.3) is 5.91 Å². The summed E-state index contributed by atoms with van der Waals surface area (Å²) in [5.74, 6) is -0.985. The van der Waals surface area contributed by atoms with Crippen LogP contribution in [0.3, 0.4) is 0 Å². The Balaban J connectivity index is 1.44. The molecular formula is C26H23N3O3S. The number of rotatable bonds is 7. The lowest BCUT2D eigenvalue weighted by atomic mass is 10.1. The molecule has 0 bridgehead atoms. The molecule has 1 N–H and O–H groups in total. The van der Waals surface area contributed by atoms with Crippen LogP contribution in [-0.2, 0) is 14.3 Å². The number of thiophene rings is 1. The van der Waals surface area contributed by atoms with Crippen molar-refractivity contribution in [1.29, 1.82) is 0 Å². The second-order valence-electron chi connectivity index (χ2n) is 7.45. The molecule has 0 fully saturated rings. The van der Waals surface area contributed by atoms with Crippen molar-refractivity contribution in [3.05, 3.63) is 95.0 Å². The Hall–Kier alpha value is -3.97. The number of para-hydroxylation sites is 2. The summed E-state index contributed by atoms with van der Waals surface area (Å²) in [7, 11) is 0. The average molecular weight is 458 g/mol. The standard InChI is InChI=1S/C26H23N3O3S/c1-18-8-6-9-19(2)25(18)27-23(30)17-32-24(31)14-13-20-16-29(21-10-4-3-5-11-21)28-26(20)22-12-7-15-33-22/h3-16H,17H2,1-2H3,(H,27,30)/b14-13+. The maximum absolute atomic E-state index is 12.3. The number of hydrogen-bond acceptors (Lipinski definition) is 5. The summed E-state index contributed by atoms with van der Waals surface area (Å²) < 4.78 is 6.91. The minimum Gasteiger partial charge on any atom is -0.452 e. The highest BCUT2D eigenvalue weighted by molar-refractivity contribution is 7.13. The average Bonchev–Trinajstić information content (AvgIpc) is 3.49. The van der Waals surface area contributed by atoms with E-state index >= 15 is 0 Å². The zero-order valence-electron chi connectivity index (χ0n) is 18.3. The lowest BCUT2D eigenvalue weighted by Crippen LogP contribution is -2.21. The van der Waals surface area contributed by atoms with E-state index in [4.69, 9.17) is 9.84 Å². The van der Waals surface area contributed by atoms with Gasteiger partial charge in [0.1, 0.15) is 5.69 Å². The predicted molar refractivity (Wildman–Crippen MR) is 131 cm³/mol. The van der Waals surface area contributed by atoms with E-state index in [0.29, 0.717) is 0 Å². The van der Waals surface area contributed by atoms with Crippen molar-refractivity contribution >= 4 is 35.0 Å². The summed E-state index contributed by atoms with van der Waals surface area (Å²) in [4.78, 5) is 25.5. The highest BCUT2D eigenvalue weighted by Crippen LogP contribution is 2.28. The van der Waals surface area contributed by atoms with Crippen LogP contribution >= 0.6 is 11.3 Å². The van der Waals surface area contributed by atoms with Crippen LogP contribution in [0.15, 0.2) is 78.3 Å². The van der Waals surface area contributed by atoms with E-state index < -0.39 is 5.97 Å². The van der Waals surface area contributed by atoms with Crippen LogP contribution in [0.5, 0.6) is 0 Å². The van der Waals surface area contributed by atoms with E-state index in [0.717, 1.165) is 38.6 Å². The fourth-order valence-corrected chi connectivity index (χ4v) is 4.09. The molecule has 4 rings (SSSR count). The summed E-state index contributed by atoms with van der Waals surface area (Å²) in [6, 6.07) is 19.4. The van der Waals surface area contributed by atoms with E-state index in [-0.39, 0.29) is 12.5 Å². The van der Waals surface area contributed by atoms with Gasteiger partial charge in [0.05, 0.1) is 10.6 Å². The number of ether oxygens (including phenoxy) is 1. The van der Waals surface area contributed by atoms with Gasteiger partial charge in [0, 0.05) is 23.5 Å². The third-order valence-electron chi connectivity index (χ3n) is 5.01. The van der Waals surface area contributed by atoms with Gasteiger partial charge >= 0.3 is 5.97 Å². The molecule has 2 heterocycles. The van der Waals surface area contributed by atoms with Gasteiger partial charge in [-0.05, 0) is 54.6 Å². The van der Waals surface area contributed by atoms with Gasteiger partial charge < -0.3 is 10.1 Å². The van der Waals surface area contributed by atoms with Gasteiger partial charge in [0.15, 0.2) is 6.61 Å². The molecule has 2 aromatic heterocycles. The monoisotopic (exact) mass is 457 g/mol. The first kappa shape index (κ1) is 22.2. The van der Waals surface area contributed by atoms with Crippen LogP contribution in [0.25, 0.3) is 22.3 Å². The summed E-state index contributed by atoms with van der Waals surface area (Å²) in [6.07, 6.45) is 4.84.